The normalized spacial score (nSPS) is 17.6. The maximum absolute atomic E-state index is 13.5. The van der Waals surface area contributed by atoms with Gasteiger partial charge < -0.3 is 21.3 Å². The first-order chi connectivity index (χ1) is 13.8. The molecule has 2 aliphatic rings. The van der Waals surface area contributed by atoms with Crippen LogP contribution in [0.15, 0.2) is 36.4 Å². The summed E-state index contributed by atoms with van der Waals surface area (Å²) in [5.41, 5.74) is 6.76. The van der Waals surface area contributed by atoms with Gasteiger partial charge in [-0.25, -0.2) is 13.6 Å². The third-order valence-electron chi connectivity index (χ3n) is 5.70. The molecule has 0 saturated carbocycles. The van der Waals surface area contributed by atoms with Crippen molar-refractivity contribution in [1.82, 2.24) is 10.2 Å². The number of nitrogens with one attached hydrogen (secondary N) is 2. The monoisotopic (exact) mass is 400 g/mol. The second-order valence-corrected chi connectivity index (χ2v) is 7.70. The molecule has 0 unspecified atom stereocenters. The van der Waals surface area contributed by atoms with E-state index in [1.807, 2.05) is 0 Å². The number of Topliss-reactive ketones (excluding diaryl/α,β-unsaturated/α-hetero) is 1. The summed E-state index contributed by atoms with van der Waals surface area (Å²) in [5.74, 6) is -1.02. The topological polar surface area (TPSA) is 87.5 Å². The van der Waals surface area contributed by atoms with Gasteiger partial charge in [-0.2, -0.15) is 0 Å². The van der Waals surface area contributed by atoms with Gasteiger partial charge in [0, 0.05) is 42.8 Å². The first kappa shape index (κ1) is 19.2. The average molecular weight is 400 g/mol. The van der Waals surface area contributed by atoms with Gasteiger partial charge in [0.25, 0.3) is 0 Å². The van der Waals surface area contributed by atoms with Gasteiger partial charge >= 0.3 is 6.03 Å². The van der Waals surface area contributed by atoms with Crippen molar-refractivity contribution >= 4 is 23.2 Å². The van der Waals surface area contributed by atoms with E-state index in [4.69, 9.17) is 5.73 Å². The number of piperidine rings is 1. The van der Waals surface area contributed by atoms with E-state index in [1.54, 1.807) is 17.0 Å². The number of anilines is 2. The number of carbonyl (C=O) groups is 2. The Morgan fingerprint density at radius 3 is 2.66 bits per heavy atom. The van der Waals surface area contributed by atoms with E-state index < -0.39 is 17.2 Å². The molecule has 2 aromatic rings. The van der Waals surface area contributed by atoms with Gasteiger partial charge in [-0.1, -0.05) is 6.07 Å². The number of hydrogen-bond acceptors (Lipinski definition) is 4. The van der Waals surface area contributed by atoms with E-state index in [1.165, 1.54) is 24.3 Å². The third-order valence-corrected chi connectivity index (χ3v) is 5.70. The molecule has 2 heterocycles. The number of amides is 2. The molecule has 152 valence electrons. The molecule has 1 saturated heterocycles. The van der Waals surface area contributed by atoms with Crippen LogP contribution in [0.4, 0.5) is 25.0 Å². The Morgan fingerprint density at radius 2 is 1.93 bits per heavy atom. The molecule has 0 aromatic heterocycles. The molecule has 6 nitrogen and oxygen atoms in total. The lowest BCUT2D eigenvalue weighted by atomic mass is 9.78. The zero-order valence-electron chi connectivity index (χ0n) is 15.8. The lowest BCUT2D eigenvalue weighted by Gasteiger charge is -2.45. The summed E-state index contributed by atoms with van der Waals surface area (Å²) in [6.07, 6.45) is 1.50. The molecule has 1 fully saturated rings. The number of nitrogens with two attached hydrogens (primary N) is 1. The zero-order valence-corrected chi connectivity index (χ0v) is 15.8. The smallest absolute Gasteiger partial charge is 0.317 e. The van der Waals surface area contributed by atoms with Crippen LogP contribution in [0.25, 0.3) is 0 Å². The Morgan fingerprint density at radius 1 is 1.17 bits per heavy atom. The molecular formula is C21H22F2N4O2. The SMILES string of the molecule is Nc1ccc(CNC(=O)N2CCC3(CC2)CC(=O)c2cc(F)ccc2N3)cc1F. The summed E-state index contributed by atoms with van der Waals surface area (Å²) in [7, 11) is 0. The van der Waals surface area contributed by atoms with E-state index in [9.17, 15) is 18.4 Å². The summed E-state index contributed by atoms with van der Waals surface area (Å²) in [4.78, 5) is 26.6. The quantitative estimate of drug-likeness (QED) is 0.675. The molecule has 0 atom stereocenters. The highest BCUT2D eigenvalue weighted by molar-refractivity contribution is 6.04. The largest absolute Gasteiger partial charge is 0.396 e. The minimum absolute atomic E-state index is 0.0697. The summed E-state index contributed by atoms with van der Waals surface area (Å²) >= 11 is 0. The molecule has 4 rings (SSSR count). The molecule has 1 spiro atoms. The van der Waals surface area contributed by atoms with Crippen LogP contribution in [0.2, 0.25) is 0 Å². The van der Waals surface area contributed by atoms with Crippen molar-refractivity contribution in [3.8, 4) is 0 Å². The van der Waals surface area contributed by atoms with Crippen molar-refractivity contribution in [3.63, 3.8) is 0 Å². The lowest BCUT2D eigenvalue weighted by molar-refractivity contribution is 0.0915. The molecule has 0 bridgehead atoms. The van der Waals surface area contributed by atoms with Crippen molar-refractivity contribution in [1.29, 1.82) is 0 Å². The van der Waals surface area contributed by atoms with Crippen LogP contribution in [-0.2, 0) is 6.54 Å². The lowest BCUT2D eigenvalue weighted by Crippen LogP contribution is -2.55. The number of urea groups is 1. The number of rotatable bonds is 2. The summed E-state index contributed by atoms with van der Waals surface area (Å²) in [5, 5.41) is 6.19. The number of benzene rings is 2. The van der Waals surface area contributed by atoms with E-state index in [0.29, 0.717) is 42.7 Å². The first-order valence-electron chi connectivity index (χ1n) is 9.53. The molecule has 0 radical (unpaired) electrons. The highest BCUT2D eigenvalue weighted by Crippen LogP contribution is 2.37. The molecule has 2 aliphatic heterocycles. The van der Waals surface area contributed by atoms with E-state index in [-0.39, 0.29) is 30.5 Å². The summed E-state index contributed by atoms with van der Waals surface area (Å²) in [6.45, 7) is 1.17. The number of halogens is 2. The minimum Gasteiger partial charge on any atom is -0.396 e. The van der Waals surface area contributed by atoms with Crippen LogP contribution >= 0.6 is 0 Å². The fourth-order valence-corrected chi connectivity index (χ4v) is 4.00. The van der Waals surface area contributed by atoms with Crippen LogP contribution in [0.5, 0.6) is 0 Å². The Bertz CT molecular complexity index is 971. The summed E-state index contributed by atoms with van der Waals surface area (Å²) < 4.78 is 26.9. The second-order valence-electron chi connectivity index (χ2n) is 7.70. The Labute approximate surface area is 167 Å². The average Bonchev–Trinajstić information content (AvgIpc) is 2.70. The van der Waals surface area contributed by atoms with Crippen LogP contribution in [0, 0.1) is 11.6 Å². The standard InChI is InChI=1S/C21H22F2N4O2/c22-14-2-4-18-15(10-14)19(28)11-21(26-18)5-7-27(8-6-21)20(29)25-12-13-1-3-17(24)16(23)9-13/h1-4,9-10,26H,5-8,11-12,24H2,(H,25,29). The van der Waals surface area contributed by atoms with Crippen molar-refractivity contribution in [2.24, 2.45) is 0 Å². The second kappa shape index (κ2) is 7.35. The highest BCUT2D eigenvalue weighted by Gasteiger charge is 2.41. The number of nitrogens with zero attached hydrogens (tertiary/aromatic N) is 1. The van der Waals surface area contributed by atoms with Crippen molar-refractivity contribution in [3.05, 3.63) is 59.2 Å². The van der Waals surface area contributed by atoms with Crippen molar-refractivity contribution < 1.29 is 18.4 Å². The Balaban J connectivity index is 1.35. The van der Waals surface area contributed by atoms with E-state index >= 15 is 0 Å². The summed E-state index contributed by atoms with van der Waals surface area (Å²) in [6, 6.07) is 8.40. The van der Waals surface area contributed by atoms with Gasteiger partial charge in [0.15, 0.2) is 5.78 Å². The number of likely N-dealkylation sites (tertiary alicyclic amines) is 1. The van der Waals surface area contributed by atoms with E-state index in [0.717, 1.165) is 0 Å². The number of carbonyl (C=O) groups excluding carboxylic acids is 2. The van der Waals surface area contributed by atoms with Crippen LogP contribution in [-0.4, -0.2) is 35.3 Å². The molecule has 2 amide bonds. The van der Waals surface area contributed by atoms with E-state index in [2.05, 4.69) is 10.6 Å². The fraction of sp³-hybridized carbons (Fsp3) is 0.333. The van der Waals surface area contributed by atoms with Gasteiger partial charge in [0.1, 0.15) is 11.6 Å². The predicted molar refractivity (Wildman–Crippen MR) is 106 cm³/mol. The molecule has 4 N–H and O–H groups in total. The number of fused-ring (bicyclic) bond motifs is 1. The van der Waals surface area contributed by atoms with Crippen LogP contribution < -0.4 is 16.4 Å². The van der Waals surface area contributed by atoms with Crippen molar-refractivity contribution in [2.75, 3.05) is 24.1 Å². The highest BCUT2D eigenvalue weighted by atomic mass is 19.1. The van der Waals surface area contributed by atoms with Gasteiger partial charge in [0.05, 0.1) is 5.69 Å². The Hall–Kier alpha value is -3.16. The molecule has 2 aromatic carbocycles. The third kappa shape index (κ3) is 3.87. The van der Waals surface area contributed by atoms with Gasteiger partial charge in [-0.15, -0.1) is 0 Å². The Kier molecular flexibility index (Phi) is 4.86. The van der Waals surface area contributed by atoms with Crippen molar-refractivity contribution in [2.45, 2.75) is 31.3 Å². The zero-order chi connectivity index (χ0) is 20.6. The number of nitrogen functional groups attached to an aromatic ring is 1. The van der Waals surface area contributed by atoms with Gasteiger partial charge in [0.2, 0.25) is 0 Å². The molecule has 0 aliphatic carbocycles. The predicted octanol–water partition coefficient (Wildman–Crippen LogP) is 3.29. The molecule has 8 heteroatoms. The molecular weight excluding hydrogens is 378 g/mol. The maximum atomic E-state index is 13.5. The van der Waals surface area contributed by atoms with Gasteiger partial charge in [-0.3, -0.25) is 4.79 Å². The van der Waals surface area contributed by atoms with Crippen LogP contribution in [0.1, 0.15) is 35.2 Å². The molecule has 29 heavy (non-hydrogen) atoms. The van der Waals surface area contributed by atoms with Gasteiger partial charge in [-0.05, 0) is 48.7 Å². The van der Waals surface area contributed by atoms with Crippen LogP contribution in [0.3, 0.4) is 0 Å². The maximum Gasteiger partial charge on any atom is 0.317 e. The fourth-order valence-electron chi connectivity index (χ4n) is 4.00. The first-order valence-corrected chi connectivity index (χ1v) is 9.53. The minimum atomic E-state index is -0.509. The number of hydrogen-bond donors (Lipinski definition) is 3. The number of ketones is 1.